The molecule has 1 aromatic rings. The lowest BCUT2D eigenvalue weighted by atomic mass is 10.1. The molecule has 0 aromatic heterocycles. The molecule has 0 amide bonds. The van der Waals surface area contributed by atoms with Crippen molar-refractivity contribution in [2.24, 2.45) is 0 Å². The first-order valence-electron chi connectivity index (χ1n) is 5.04. The zero-order chi connectivity index (χ0) is 11.8. The van der Waals surface area contributed by atoms with Crippen LogP contribution < -0.4 is 10.6 Å². The van der Waals surface area contributed by atoms with Crippen LogP contribution in [0.5, 0.6) is 5.75 Å². The van der Waals surface area contributed by atoms with Gasteiger partial charge in [0.15, 0.2) is 0 Å². The summed E-state index contributed by atoms with van der Waals surface area (Å²) in [5.41, 5.74) is 2.03. The summed E-state index contributed by atoms with van der Waals surface area (Å²) < 4.78 is 5.57. The number of benzene rings is 1. The molecular formula is C11H16Cl2NO2+. The highest BCUT2D eigenvalue weighted by molar-refractivity contribution is 6.17. The van der Waals surface area contributed by atoms with Gasteiger partial charge < -0.3 is 4.74 Å². The summed E-state index contributed by atoms with van der Waals surface area (Å²) >= 11 is 11.6. The van der Waals surface area contributed by atoms with Gasteiger partial charge in [-0.15, -0.1) is 23.2 Å². The summed E-state index contributed by atoms with van der Waals surface area (Å²) in [5, 5.41) is 0. The van der Waals surface area contributed by atoms with Crippen molar-refractivity contribution in [3.63, 3.8) is 0 Å². The molecule has 0 unspecified atom stereocenters. The second-order valence-corrected chi connectivity index (χ2v) is 3.90. The maximum atomic E-state index is 5.78. The Balaban J connectivity index is 2.57. The van der Waals surface area contributed by atoms with E-state index in [1.807, 2.05) is 18.2 Å². The van der Waals surface area contributed by atoms with Crippen molar-refractivity contribution in [2.75, 3.05) is 13.2 Å². The number of halogens is 2. The third-order valence-electron chi connectivity index (χ3n) is 2.04. The molecule has 0 radical (unpaired) electrons. The third-order valence-corrected chi connectivity index (χ3v) is 2.65. The summed E-state index contributed by atoms with van der Waals surface area (Å²) in [6.07, 6.45) is 0.810. The molecule has 0 aliphatic carbocycles. The van der Waals surface area contributed by atoms with Gasteiger partial charge in [-0.1, -0.05) is 6.07 Å². The second-order valence-electron chi connectivity index (χ2n) is 3.36. The first kappa shape index (κ1) is 13.6. The minimum Gasteiger partial charge on any atom is -0.493 e. The van der Waals surface area contributed by atoms with E-state index in [9.17, 15) is 0 Å². The van der Waals surface area contributed by atoms with E-state index in [-0.39, 0.29) is 0 Å². The van der Waals surface area contributed by atoms with E-state index >= 15 is 0 Å². The molecule has 3 nitrogen and oxygen atoms in total. The minimum atomic E-state index is 0.461. The normalized spacial score (nSPS) is 10.4. The Bertz CT molecular complexity index is 299. The number of quaternary nitrogens is 1. The monoisotopic (exact) mass is 264 g/mol. The predicted octanol–water partition coefficient (Wildman–Crippen LogP) is 2.11. The van der Waals surface area contributed by atoms with E-state index in [2.05, 4.69) is 5.90 Å². The number of hydrogen-bond acceptors (Lipinski definition) is 2. The summed E-state index contributed by atoms with van der Waals surface area (Å²) in [4.78, 5) is 4.70. The van der Waals surface area contributed by atoms with Crippen LogP contribution in [0.4, 0.5) is 0 Å². The number of rotatable bonds is 7. The molecule has 0 bridgehead atoms. The molecule has 0 spiro atoms. The summed E-state index contributed by atoms with van der Waals surface area (Å²) in [6, 6.07) is 5.83. The highest BCUT2D eigenvalue weighted by atomic mass is 35.5. The lowest BCUT2D eigenvalue weighted by Gasteiger charge is -2.08. The van der Waals surface area contributed by atoms with Crippen LogP contribution in [0.1, 0.15) is 17.5 Å². The van der Waals surface area contributed by atoms with Crippen LogP contribution in [0.2, 0.25) is 0 Å². The van der Waals surface area contributed by atoms with Crippen LogP contribution >= 0.6 is 23.2 Å². The predicted molar refractivity (Wildman–Crippen MR) is 64.5 cm³/mol. The lowest BCUT2D eigenvalue weighted by Crippen LogP contribution is -2.49. The molecule has 0 fully saturated rings. The van der Waals surface area contributed by atoms with Gasteiger partial charge in [-0.2, -0.15) is 0 Å². The Morgan fingerprint density at radius 1 is 1.00 bits per heavy atom. The Kier molecular flexibility index (Phi) is 6.57. The zero-order valence-corrected chi connectivity index (χ0v) is 10.6. The Labute approximate surface area is 105 Å². The van der Waals surface area contributed by atoms with Crippen LogP contribution in [0.3, 0.4) is 0 Å². The van der Waals surface area contributed by atoms with E-state index in [0.29, 0.717) is 25.0 Å². The van der Waals surface area contributed by atoms with E-state index in [1.54, 1.807) is 0 Å². The van der Waals surface area contributed by atoms with Crippen molar-refractivity contribution in [2.45, 2.75) is 18.2 Å². The van der Waals surface area contributed by atoms with E-state index in [4.69, 9.17) is 32.8 Å². The molecule has 3 N–H and O–H groups in total. The fourth-order valence-corrected chi connectivity index (χ4v) is 1.63. The Morgan fingerprint density at radius 2 is 1.62 bits per heavy atom. The van der Waals surface area contributed by atoms with Gasteiger partial charge >= 0.3 is 0 Å². The molecule has 0 saturated carbocycles. The standard InChI is InChI=1S/C11H16Cl2NO2/c12-7-9-4-10(8-13)6-11(5-9)15-2-1-3-16-14/h4-6H,1-3,7-8H2,14H3/q+1. The van der Waals surface area contributed by atoms with E-state index < -0.39 is 0 Å². The van der Waals surface area contributed by atoms with Crippen LogP contribution in [-0.4, -0.2) is 13.2 Å². The van der Waals surface area contributed by atoms with Crippen molar-refractivity contribution in [1.29, 1.82) is 0 Å². The van der Waals surface area contributed by atoms with Gasteiger partial charge in [-0.3, -0.25) is 0 Å². The van der Waals surface area contributed by atoms with Gasteiger partial charge in [0.1, 0.15) is 12.4 Å². The van der Waals surface area contributed by atoms with Gasteiger partial charge in [0, 0.05) is 18.2 Å². The molecule has 1 rings (SSSR count). The number of hydrogen-bond donors (Lipinski definition) is 1. The SMILES string of the molecule is [NH3+]OCCCOc1cc(CCl)cc(CCl)c1. The highest BCUT2D eigenvalue weighted by Crippen LogP contribution is 2.20. The molecule has 0 atom stereocenters. The topological polar surface area (TPSA) is 46.1 Å². The molecule has 0 saturated heterocycles. The maximum absolute atomic E-state index is 5.78. The molecule has 0 aliphatic heterocycles. The van der Waals surface area contributed by atoms with Crippen molar-refractivity contribution >= 4 is 23.2 Å². The smallest absolute Gasteiger partial charge is 0.119 e. The van der Waals surface area contributed by atoms with Gasteiger partial charge in [-0.25, -0.2) is 10.7 Å². The lowest BCUT2D eigenvalue weighted by molar-refractivity contribution is -0.689. The largest absolute Gasteiger partial charge is 0.493 e. The highest BCUT2D eigenvalue weighted by Gasteiger charge is 2.01. The molecular weight excluding hydrogens is 249 g/mol. The molecule has 1 aromatic carbocycles. The maximum Gasteiger partial charge on any atom is 0.119 e. The molecule has 16 heavy (non-hydrogen) atoms. The van der Waals surface area contributed by atoms with Gasteiger partial charge in [-0.05, 0) is 23.3 Å². The number of alkyl halides is 2. The van der Waals surface area contributed by atoms with Crippen molar-refractivity contribution in [1.82, 2.24) is 0 Å². The van der Waals surface area contributed by atoms with Crippen LogP contribution in [-0.2, 0) is 16.6 Å². The Morgan fingerprint density at radius 3 is 2.12 bits per heavy atom. The Hall–Kier alpha value is -0.480. The summed E-state index contributed by atoms with van der Waals surface area (Å²) in [6.45, 7) is 1.19. The van der Waals surface area contributed by atoms with Crippen LogP contribution in [0.15, 0.2) is 18.2 Å². The zero-order valence-electron chi connectivity index (χ0n) is 9.05. The van der Waals surface area contributed by atoms with Crippen molar-refractivity contribution in [3.05, 3.63) is 29.3 Å². The summed E-state index contributed by atoms with van der Waals surface area (Å²) in [5.74, 6) is 5.02. The molecule has 0 heterocycles. The van der Waals surface area contributed by atoms with Crippen molar-refractivity contribution in [3.8, 4) is 5.75 Å². The van der Waals surface area contributed by atoms with E-state index in [1.165, 1.54) is 0 Å². The van der Waals surface area contributed by atoms with Crippen LogP contribution in [0.25, 0.3) is 0 Å². The quantitative estimate of drug-likeness (QED) is 0.466. The minimum absolute atomic E-state index is 0.461. The average Bonchev–Trinajstić information content (AvgIpc) is 2.34. The van der Waals surface area contributed by atoms with Crippen molar-refractivity contribution < 1.29 is 15.5 Å². The second kappa shape index (κ2) is 7.74. The first-order valence-corrected chi connectivity index (χ1v) is 6.11. The van der Waals surface area contributed by atoms with E-state index in [0.717, 1.165) is 23.3 Å². The van der Waals surface area contributed by atoms with Gasteiger partial charge in [0.25, 0.3) is 0 Å². The molecule has 90 valence electrons. The molecule has 0 aliphatic rings. The molecule has 5 heteroatoms. The first-order chi connectivity index (χ1) is 7.80. The fraction of sp³-hybridized carbons (Fsp3) is 0.455. The summed E-state index contributed by atoms with van der Waals surface area (Å²) in [7, 11) is 0. The average molecular weight is 265 g/mol. The third kappa shape index (κ3) is 4.58. The van der Waals surface area contributed by atoms with Crippen LogP contribution in [0, 0.1) is 0 Å². The number of ether oxygens (including phenoxy) is 1. The fourth-order valence-electron chi connectivity index (χ4n) is 1.32. The van der Waals surface area contributed by atoms with Gasteiger partial charge in [0.05, 0.1) is 6.61 Å². The van der Waals surface area contributed by atoms with Gasteiger partial charge in [0.2, 0.25) is 0 Å².